The highest BCUT2D eigenvalue weighted by Crippen LogP contribution is 2.18. The van der Waals surface area contributed by atoms with Crippen LogP contribution in [0.4, 0.5) is 5.69 Å². The van der Waals surface area contributed by atoms with Gasteiger partial charge in [-0.2, -0.15) is 0 Å². The Morgan fingerprint density at radius 2 is 2.00 bits per heavy atom. The second-order valence-electron chi connectivity index (χ2n) is 3.75. The first-order valence-electron chi connectivity index (χ1n) is 5.20. The van der Waals surface area contributed by atoms with Gasteiger partial charge in [0.15, 0.2) is 0 Å². The molecule has 0 aliphatic rings. The van der Waals surface area contributed by atoms with Gasteiger partial charge in [-0.3, -0.25) is 24.5 Å². The largest absolute Gasteiger partial charge is 0.328 e. The lowest BCUT2D eigenvalue weighted by Crippen LogP contribution is -2.30. The number of hydrogen-bond acceptors (Lipinski definition) is 4. The molecule has 0 radical (unpaired) electrons. The highest BCUT2D eigenvalue weighted by Gasteiger charge is 2.13. The number of nitro groups is 1. The van der Waals surface area contributed by atoms with E-state index in [0.717, 1.165) is 0 Å². The van der Waals surface area contributed by atoms with Gasteiger partial charge in [0.25, 0.3) is 11.2 Å². The third-order valence-corrected chi connectivity index (χ3v) is 3.06. The van der Waals surface area contributed by atoms with Crippen molar-refractivity contribution in [2.45, 2.75) is 6.54 Å². The number of aromatic amines is 1. The van der Waals surface area contributed by atoms with Crippen LogP contribution in [-0.2, 0) is 6.54 Å². The number of para-hydroxylation sites is 1. The van der Waals surface area contributed by atoms with Gasteiger partial charge in [0.2, 0.25) is 0 Å². The second kappa shape index (κ2) is 5.19. The monoisotopic (exact) mass is 325 g/mol. The lowest BCUT2D eigenvalue weighted by atomic mass is 10.2. The van der Waals surface area contributed by atoms with Gasteiger partial charge in [0.05, 0.1) is 15.9 Å². The number of rotatable bonds is 3. The van der Waals surface area contributed by atoms with Crippen LogP contribution in [0.5, 0.6) is 0 Å². The van der Waals surface area contributed by atoms with E-state index in [1.54, 1.807) is 18.2 Å². The molecule has 0 fully saturated rings. The molecule has 2 aromatic rings. The van der Waals surface area contributed by atoms with E-state index in [1.165, 1.54) is 16.8 Å². The van der Waals surface area contributed by atoms with Crippen molar-refractivity contribution in [3.05, 3.63) is 71.5 Å². The van der Waals surface area contributed by atoms with E-state index in [9.17, 15) is 19.7 Å². The van der Waals surface area contributed by atoms with Crippen molar-refractivity contribution in [3.63, 3.8) is 0 Å². The van der Waals surface area contributed by atoms with Crippen molar-refractivity contribution >= 4 is 21.6 Å². The molecule has 0 bridgehead atoms. The molecule has 1 aromatic carbocycles. The van der Waals surface area contributed by atoms with Gasteiger partial charge >= 0.3 is 5.69 Å². The number of nitro benzene ring substituents is 1. The van der Waals surface area contributed by atoms with Gasteiger partial charge in [-0.25, -0.2) is 4.79 Å². The molecular formula is C11H8BrN3O4. The van der Waals surface area contributed by atoms with Gasteiger partial charge < -0.3 is 0 Å². The Hall–Kier alpha value is -2.22. The maximum atomic E-state index is 11.6. The summed E-state index contributed by atoms with van der Waals surface area (Å²) in [5.74, 6) is 0. The van der Waals surface area contributed by atoms with Crippen LogP contribution >= 0.6 is 15.9 Å². The number of H-pyrrole nitrogens is 1. The predicted molar refractivity (Wildman–Crippen MR) is 71.2 cm³/mol. The quantitative estimate of drug-likeness (QED) is 0.678. The maximum absolute atomic E-state index is 11.6. The number of benzene rings is 1. The van der Waals surface area contributed by atoms with Crippen LogP contribution in [0.3, 0.4) is 0 Å². The Bertz CT molecular complexity index is 750. The van der Waals surface area contributed by atoms with E-state index in [1.807, 2.05) is 0 Å². The molecule has 0 aliphatic heterocycles. The van der Waals surface area contributed by atoms with Gasteiger partial charge in [0.1, 0.15) is 0 Å². The van der Waals surface area contributed by atoms with Crippen LogP contribution in [0.1, 0.15) is 5.56 Å². The van der Waals surface area contributed by atoms with Crippen LogP contribution < -0.4 is 11.2 Å². The number of nitrogens with zero attached hydrogens (tertiary/aromatic N) is 2. The summed E-state index contributed by atoms with van der Waals surface area (Å²) in [5, 5.41) is 10.9. The Morgan fingerprint density at radius 1 is 1.32 bits per heavy atom. The van der Waals surface area contributed by atoms with E-state index in [4.69, 9.17) is 0 Å². The highest BCUT2D eigenvalue weighted by molar-refractivity contribution is 9.10. The molecule has 1 heterocycles. The number of nitrogens with one attached hydrogen (secondary N) is 1. The maximum Gasteiger partial charge on any atom is 0.328 e. The van der Waals surface area contributed by atoms with Crippen molar-refractivity contribution in [1.29, 1.82) is 0 Å². The average Bonchev–Trinajstić information content (AvgIpc) is 2.36. The molecule has 8 heteroatoms. The molecule has 98 valence electrons. The Morgan fingerprint density at radius 3 is 2.68 bits per heavy atom. The van der Waals surface area contributed by atoms with Crippen LogP contribution in [0.2, 0.25) is 0 Å². The molecule has 0 amide bonds. The van der Waals surface area contributed by atoms with Crippen LogP contribution in [-0.4, -0.2) is 14.5 Å². The van der Waals surface area contributed by atoms with Crippen LogP contribution in [0.25, 0.3) is 0 Å². The molecule has 0 atom stereocenters. The number of hydrogen-bond donors (Lipinski definition) is 1. The third kappa shape index (κ3) is 2.79. The van der Waals surface area contributed by atoms with E-state index in [0.29, 0.717) is 5.56 Å². The Balaban J connectivity index is 2.48. The molecule has 0 unspecified atom stereocenters. The topological polar surface area (TPSA) is 98.0 Å². The zero-order valence-electron chi connectivity index (χ0n) is 9.50. The Kier molecular flexibility index (Phi) is 3.61. The lowest BCUT2D eigenvalue weighted by Gasteiger charge is -2.06. The third-order valence-electron chi connectivity index (χ3n) is 2.50. The summed E-state index contributed by atoms with van der Waals surface area (Å²) in [5.41, 5.74) is -0.847. The first-order chi connectivity index (χ1) is 8.99. The van der Waals surface area contributed by atoms with Crippen molar-refractivity contribution in [1.82, 2.24) is 9.55 Å². The first kappa shape index (κ1) is 13.2. The van der Waals surface area contributed by atoms with E-state index < -0.39 is 16.2 Å². The van der Waals surface area contributed by atoms with Crippen molar-refractivity contribution < 1.29 is 4.92 Å². The molecule has 0 saturated heterocycles. The molecule has 2 rings (SSSR count). The lowest BCUT2D eigenvalue weighted by molar-refractivity contribution is -0.385. The van der Waals surface area contributed by atoms with Crippen molar-refractivity contribution in [2.24, 2.45) is 0 Å². The molecular weight excluding hydrogens is 318 g/mol. The van der Waals surface area contributed by atoms with Gasteiger partial charge in [-0.1, -0.05) is 18.2 Å². The van der Waals surface area contributed by atoms with Crippen molar-refractivity contribution in [3.8, 4) is 0 Å². The summed E-state index contributed by atoms with van der Waals surface area (Å²) in [6.07, 6.45) is 1.30. The highest BCUT2D eigenvalue weighted by atomic mass is 79.9. The molecule has 1 N–H and O–H groups in total. The van der Waals surface area contributed by atoms with Gasteiger partial charge in [-0.15, -0.1) is 0 Å². The van der Waals surface area contributed by atoms with Crippen LogP contribution in [0.15, 0.2) is 44.5 Å². The molecule has 19 heavy (non-hydrogen) atoms. The fraction of sp³-hybridized carbons (Fsp3) is 0.0909. The second-order valence-corrected chi connectivity index (χ2v) is 4.60. The predicted octanol–water partition coefficient (Wildman–Crippen LogP) is 1.26. The van der Waals surface area contributed by atoms with Crippen LogP contribution in [0, 0.1) is 10.1 Å². The summed E-state index contributed by atoms with van der Waals surface area (Å²) < 4.78 is 1.37. The van der Waals surface area contributed by atoms with Gasteiger partial charge in [-0.05, 0) is 15.9 Å². The molecule has 0 spiro atoms. The normalized spacial score (nSPS) is 10.4. The summed E-state index contributed by atoms with van der Waals surface area (Å²) in [6, 6.07) is 6.12. The summed E-state index contributed by atoms with van der Waals surface area (Å²) in [7, 11) is 0. The minimum atomic E-state index is -0.619. The standard InChI is InChI=1S/C11H8BrN3O4/c12-8-6-14(11(17)13-10(8)16)5-7-3-1-2-4-9(7)15(18)19/h1-4,6H,5H2,(H,13,16,17). The SMILES string of the molecule is O=c1[nH]c(=O)n(Cc2ccccc2[N+](=O)[O-])cc1Br. The molecule has 1 aromatic heterocycles. The first-order valence-corrected chi connectivity index (χ1v) is 6.00. The average molecular weight is 326 g/mol. The molecule has 0 saturated carbocycles. The molecule has 7 nitrogen and oxygen atoms in total. The fourth-order valence-electron chi connectivity index (χ4n) is 1.61. The number of halogens is 1. The fourth-order valence-corrected chi connectivity index (χ4v) is 1.95. The van der Waals surface area contributed by atoms with Crippen molar-refractivity contribution in [2.75, 3.05) is 0 Å². The van der Waals surface area contributed by atoms with E-state index in [2.05, 4.69) is 20.9 Å². The zero-order valence-corrected chi connectivity index (χ0v) is 11.1. The summed E-state index contributed by atoms with van der Waals surface area (Å²) in [4.78, 5) is 35.3. The van der Waals surface area contributed by atoms with E-state index in [-0.39, 0.29) is 16.7 Å². The smallest absolute Gasteiger partial charge is 0.295 e. The minimum Gasteiger partial charge on any atom is -0.295 e. The van der Waals surface area contributed by atoms with E-state index >= 15 is 0 Å². The van der Waals surface area contributed by atoms with Gasteiger partial charge in [0, 0.05) is 17.8 Å². The summed E-state index contributed by atoms with van der Waals surface area (Å²) >= 11 is 3.00. The number of aromatic nitrogens is 2. The minimum absolute atomic E-state index is 0.00532. The summed E-state index contributed by atoms with van der Waals surface area (Å²) in [6.45, 7) is 0.00532. The Labute approximate surface area is 114 Å². The zero-order chi connectivity index (χ0) is 14.0. The molecule has 0 aliphatic carbocycles.